The lowest BCUT2D eigenvalue weighted by molar-refractivity contribution is 0.466. The second-order valence-corrected chi connectivity index (χ2v) is 8.55. The summed E-state index contributed by atoms with van der Waals surface area (Å²) in [6.07, 6.45) is 0.977. The van der Waals surface area contributed by atoms with Crippen molar-refractivity contribution in [1.82, 2.24) is 9.13 Å². The largest absolute Gasteiger partial charge is 0.378 e. The summed E-state index contributed by atoms with van der Waals surface area (Å²) < 4.78 is 32.3. The van der Waals surface area contributed by atoms with Crippen molar-refractivity contribution in [3.8, 4) is 5.75 Å². The van der Waals surface area contributed by atoms with E-state index in [-0.39, 0.29) is 11.2 Å². The number of benzene rings is 1. The molecule has 8 heteroatoms. The Bertz CT molecular complexity index is 1040. The summed E-state index contributed by atoms with van der Waals surface area (Å²) in [6, 6.07) is 5.16. The zero-order chi connectivity index (χ0) is 19.2. The van der Waals surface area contributed by atoms with Crippen LogP contribution in [0.1, 0.15) is 31.9 Å². The first-order chi connectivity index (χ1) is 11.3. The Morgan fingerprint density at radius 1 is 1.08 bits per heavy atom. The smallest absolute Gasteiger partial charge is 0.346 e. The molecule has 0 amide bonds. The van der Waals surface area contributed by atoms with Crippen LogP contribution in [0.25, 0.3) is 0 Å². The molecule has 0 unspecified atom stereocenters. The molecule has 0 aliphatic rings. The van der Waals surface area contributed by atoms with Gasteiger partial charge in [-0.15, -0.1) is 0 Å². The third kappa shape index (κ3) is 3.68. The Morgan fingerprint density at radius 2 is 1.68 bits per heavy atom. The van der Waals surface area contributed by atoms with E-state index in [2.05, 4.69) is 0 Å². The van der Waals surface area contributed by atoms with Crippen LogP contribution in [0.3, 0.4) is 0 Å². The normalized spacial score (nSPS) is 12.2. The highest BCUT2D eigenvalue weighted by Crippen LogP contribution is 2.33. The van der Waals surface area contributed by atoms with Gasteiger partial charge in [-0.1, -0.05) is 38.5 Å². The quantitative estimate of drug-likeness (QED) is 0.768. The number of nitrogens with zero attached hydrogens (tertiary/aromatic N) is 2. The molecule has 1 aromatic heterocycles. The van der Waals surface area contributed by atoms with Crippen LogP contribution >= 0.6 is 0 Å². The van der Waals surface area contributed by atoms with Crippen LogP contribution < -0.4 is 15.4 Å². The van der Waals surface area contributed by atoms with Crippen molar-refractivity contribution in [1.29, 1.82) is 0 Å². The van der Waals surface area contributed by atoms with Gasteiger partial charge in [-0.2, -0.15) is 8.42 Å². The van der Waals surface area contributed by atoms with Gasteiger partial charge in [0.15, 0.2) is 4.90 Å². The second kappa shape index (κ2) is 6.18. The molecule has 136 valence electrons. The van der Waals surface area contributed by atoms with Gasteiger partial charge in [0, 0.05) is 25.9 Å². The van der Waals surface area contributed by atoms with E-state index in [9.17, 15) is 18.0 Å². The molecule has 0 fully saturated rings. The van der Waals surface area contributed by atoms with Crippen LogP contribution in [0.4, 0.5) is 0 Å². The fraction of sp³-hybridized carbons (Fsp3) is 0.412. The van der Waals surface area contributed by atoms with E-state index in [1.807, 2.05) is 33.8 Å². The zero-order valence-corrected chi connectivity index (χ0v) is 16.0. The molecular formula is C17H22N2O5S. The predicted octanol–water partition coefficient (Wildman–Crippen LogP) is 1.46. The maximum atomic E-state index is 12.7. The summed E-state index contributed by atoms with van der Waals surface area (Å²) in [5.74, 6) is 0.161. The number of aryl methyl sites for hydroxylation is 2. The highest BCUT2D eigenvalue weighted by atomic mass is 32.2. The van der Waals surface area contributed by atoms with Crippen LogP contribution in [0.15, 0.2) is 38.9 Å². The first-order valence-corrected chi connectivity index (χ1v) is 9.07. The molecule has 0 atom stereocenters. The molecule has 0 radical (unpaired) electrons. The Labute approximate surface area is 146 Å². The van der Waals surface area contributed by atoms with Crippen molar-refractivity contribution in [3.63, 3.8) is 0 Å². The van der Waals surface area contributed by atoms with Gasteiger partial charge in [-0.25, -0.2) is 4.79 Å². The standard InChI is InChI=1S/C17H22N2O5S/c1-11-7-8-13(12(9-11)17(2,3)4)24-25(22,23)14-10-18(5)16(21)19(6)15(14)20/h7-10H,1-6H3. The van der Waals surface area contributed by atoms with Gasteiger partial charge in [-0.05, 0) is 18.4 Å². The number of hydrogen-bond acceptors (Lipinski definition) is 5. The van der Waals surface area contributed by atoms with Crippen molar-refractivity contribution in [2.45, 2.75) is 38.0 Å². The lowest BCUT2D eigenvalue weighted by Gasteiger charge is -2.23. The van der Waals surface area contributed by atoms with Crippen LogP contribution in [-0.2, 0) is 29.6 Å². The third-order valence-electron chi connectivity index (χ3n) is 3.83. The summed E-state index contributed by atoms with van der Waals surface area (Å²) in [5, 5.41) is 0. The van der Waals surface area contributed by atoms with E-state index in [1.54, 1.807) is 12.1 Å². The number of hydrogen-bond donors (Lipinski definition) is 0. The van der Waals surface area contributed by atoms with Crippen LogP contribution in [0.2, 0.25) is 0 Å². The Morgan fingerprint density at radius 3 is 2.24 bits per heavy atom. The molecule has 0 spiro atoms. The van der Waals surface area contributed by atoms with E-state index in [1.165, 1.54) is 14.1 Å². The minimum Gasteiger partial charge on any atom is -0.378 e. The monoisotopic (exact) mass is 366 g/mol. The van der Waals surface area contributed by atoms with E-state index in [0.29, 0.717) is 5.56 Å². The summed E-state index contributed by atoms with van der Waals surface area (Å²) >= 11 is 0. The average molecular weight is 366 g/mol. The fourth-order valence-corrected chi connectivity index (χ4v) is 3.52. The van der Waals surface area contributed by atoms with Gasteiger partial charge in [0.05, 0.1) is 0 Å². The Kier molecular flexibility index (Phi) is 4.69. The number of aromatic nitrogens is 2. The third-order valence-corrected chi connectivity index (χ3v) is 5.04. The maximum Gasteiger partial charge on any atom is 0.346 e. The van der Waals surface area contributed by atoms with Crippen LogP contribution in [-0.4, -0.2) is 17.6 Å². The summed E-state index contributed by atoms with van der Waals surface area (Å²) in [5.41, 5.74) is -0.224. The van der Waals surface area contributed by atoms with E-state index in [0.717, 1.165) is 20.9 Å². The molecule has 0 N–H and O–H groups in total. The van der Waals surface area contributed by atoms with E-state index >= 15 is 0 Å². The van der Waals surface area contributed by atoms with Crippen molar-refractivity contribution in [2.75, 3.05) is 0 Å². The topological polar surface area (TPSA) is 87.4 Å². The van der Waals surface area contributed by atoms with Gasteiger partial charge in [0.25, 0.3) is 5.56 Å². The van der Waals surface area contributed by atoms with E-state index in [4.69, 9.17) is 4.18 Å². The summed E-state index contributed by atoms with van der Waals surface area (Å²) in [4.78, 5) is 23.4. The van der Waals surface area contributed by atoms with Crippen molar-refractivity contribution >= 4 is 10.1 Å². The highest BCUT2D eigenvalue weighted by molar-refractivity contribution is 7.87. The molecule has 1 aromatic carbocycles. The lowest BCUT2D eigenvalue weighted by atomic mass is 9.85. The fourth-order valence-electron chi connectivity index (χ4n) is 2.41. The highest BCUT2D eigenvalue weighted by Gasteiger charge is 2.27. The zero-order valence-electron chi connectivity index (χ0n) is 15.2. The van der Waals surface area contributed by atoms with E-state index < -0.39 is 26.3 Å². The molecule has 0 bridgehead atoms. The Hall–Kier alpha value is -2.35. The van der Waals surface area contributed by atoms with Crippen molar-refractivity contribution < 1.29 is 12.6 Å². The van der Waals surface area contributed by atoms with Crippen molar-refractivity contribution in [2.24, 2.45) is 14.1 Å². The van der Waals surface area contributed by atoms with Gasteiger partial charge in [0.2, 0.25) is 0 Å². The predicted molar refractivity (Wildman–Crippen MR) is 94.6 cm³/mol. The molecule has 25 heavy (non-hydrogen) atoms. The van der Waals surface area contributed by atoms with Gasteiger partial charge in [0.1, 0.15) is 5.75 Å². The molecule has 1 heterocycles. The first-order valence-electron chi connectivity index (χ1n) is 7.67. The molecular weight excluding hydrogens is 344 g/mol. The van der Waals surface area contributed by atoms with Gasteiger partial charge >= 0.3 is 15.8 Å². The second-order valence-electron chi connectivity index (χ2n) is 7.04. The molecule has 2 aromatic rings. The average Bonchev–Trinajstić information content (AvgIpc) is 2.49. The molecule has 0 saturated carbocycles. The first kappa shape index (κ1) is 19.0. The Balaban J connectivity index is 2.63. The van der Waals surface area contributed by atoms with Gasteiger partial charge in [-0.3, -0.25) is 9.36 Å². The molecule has 0 aliphatic heterocycles. The lowest BCUT2D eigenvalue weighted by Crippen LogP contribution is -2.40. The SMILES string of the molecule is Cc1ccc(OS(=O)(=O)c2cn(C)c(=O)n(C)c2=O)c(C(C)(C)C)c1. The van der Waals surface area contributed by atoms with Gasteiger partial charge < -0.3 is 8.75 Å². The number of rotatable bonds is 3. The minimum atomic E-state index is -4.39. The summed E-state index contributed by atoms with van der Waals surface area (Å²) in [6.45, 7) is 7.71. The van der Waals surface area contributed by atoms with Crippen LogP contribution in [0, 0.1) is 6.92 Å². The van der Waals surface area contributed by atoms with Crippen LogP contribution in [0.5, 0.6) is 5.75 Å². The minimum absolute atomic E-state index is 0.161. The maximum absolute atomic E-state index is 12.7. The molecule has 0 aliphatic carbocycles. The summed E-state index contributed by atoms with van der Waals surface area (Å²) in [7, 11) is -1.81. The molecule has 0 saturated heterocycles. The van der Waals surface area contributed by atoms with Crippen molar-refractivity contribution in [3.05, 3.63) is 56.4 Å². The molecule has 2 rings (SSSR count). The molecule has 7 nitrogen and oxygen atoms in total.